The zero-order chi connectivity index (χ0) is 17.4. The van der Waals surface area contributed by atoms with Crippen LogP contribution in [0, 0.1) is 13.8 Å². The van der Waals surface area contributed by atoms with Crippen LogP contribution in [0.3, 0.4) is 0 Å². The number of ether oxygens (including phenoxy) is 2. The Labute approximate surface area is 143 Å². The van der Waals surface area contributed by atoms with Crippen LogP contribution in [0.4, 0.5) is 5.69 Å². The molecule has 0 unspecified atom stereocenters. The number of nitrogens with zero attached hydrogens (tertiary/aromatic N) is 1. The van der Waals surface area contributed by atoms with Crippen molar-refractivity contribution in [3.05, 3.63) is 59.2 Å². The highest BCUT2D eigenvalue weighted by atomic mass is 16.5. The van der Waals surface area contributed by atoms with Gasteiger partial charge in [-0.15, -0.1) is 0 Å². The summed E-state index contributed by atoms with van der Waals surface area (Å²) in [5.74, 6) is 1.22. The predicted octanol–water partition coefficient (Wildman–Crippen LogP) is 3.26. The van der Waals surface area contributed by atoms with E-state index in [0.717, 1.165) is 17.0 Å². The van der Waals surface area contributed by atoms with E-state index in [9.17, 15) is 0 Å². The van der Waals surface area contributed by atoms with Gasteiger partial charge in [0.15, 0.2) is 5.96 Å². The van der Waals surface area contributed by atoms with E-state index < -0.39 is 0 Å². The van der Waals surface area contributed by atoms with Crippen LogP contribution in [0.5, 0.6) is 5.75 Å². The number of aryl methyl sites for hydroxylation is 2. The third kappa shape index (κ3) is 5.59. The first kappa shape index (κ1) is 17.8. The quantitative estimate of drug-likeness (QED) is 0.465. The number of rotatable bonds is 7. The highest BCUT2D eigenvalue weighted by Crippen LogP contribution is 2.16. The summed E-state index contributed by atoms with van der Waals surface area (Å²) in [6.45, 7) is 5.59. The Bertz CT molecular complexity index is 679. The van der Waals surface area contributed by atoms with E-state index in [0.29, 0.717) is 25.7 Å². The minimum Gasteiger partial charge on any atom is -0.492 e. The van der Waals surface area contributed by atoms with E-state index in [1.54, 1.807) is 7.11 Å². The highest BCUT2D eigenvalue weighted by Gasteiger charge is 2.02. The maximum Gasteiger partial charge on any atom is 0.193 e. The van der Waals surface area contributed by atoms with Crippen molar-refractivity contribution in [1.29, 1.82) is 0 Å². The lowest BCUT2D eigenvalue weighted by Gasteiger charge is -2.11. The topological polar surface area (TPSA) is 68.9 Å². The second-order valence-corrected chi connectivity index (χ2v) is 5.65. The molecule has 5 heteroatoms. The molecular weight excluding hydrogens is 302 g/mol. The second-order valence-electron chi connectivity index (χ2n) is 5.65. The number of benzene rings is 2. The molecule has 0 aliphatic carbocycles. The first-order chi connectivity index (χ1) is 11.6. The summed E-state index contributed by atoms with van der Waals surface area (Å²) in [4.78, 5) is 4.30. The number of nitrogens with one attached hydrogen (secondary N) is 1. The van der Waals surface area contributed by atoms with Crippen LogP contribution in [-0.2, 0) is 11.3 Å². The molecule has 3 N–H and O–H groups in total. The van der Waals surface area contributed by atoms with Gasteiger partial charge in [-0.3, -0.25) is 0 Å². The van der Waals surface area contributed by atoms with Gasteiger partial charge in [0, 0.05) is 18.4 Å². The molecule has 0 aromatic heterocycles. The molecule has 0 saturated carbocycles. The van der Waals surface area contributed by atoms with Gasteiger partial charge in [0.25, 0.3) is 0 Å². The second kappa shape index (κ2) is 8.93. The summed E-state index contributed by atoms with van der Waals surface area (Å²) in [6, 6.07) is 14.0. The predicted molar refractivity (Wildman–Crippen MR) is 98.7 cm³/mol. The third-order valence-electron chi connectivity index (χ3n) is 3.42. The molecule has 0 saturated heterocycles. The van der Waals surface area contributed by atoms with Gasteiger partial charge in [0.2, 0.25) is 0 Å². The molecule has 0 spiro atoms. The van der Waals surface area contributed by atoms with Gasteiger partial charge < -0.3 is 20.5 Å². The largest absolute Gasteiger partial charge is 0.492 e. The van der Waals surface area contributed by atoms with Crippen molar-refractivity contribution in [3.8, 4) is 5.75 Å². The lowest BCUT2D eigenvalue weighted by atomic mass is 10.1. The molecule has 24 heavy (non-hydrogen) atoms. The van der Waals surface area contributed by atoms with E-state index in [-0.39, 0.29) is 0 Å². The van der Waals surface area contributed by atoms with Crippen LogP contribution >= 0.6 is 0 Å². The molecule has 128 valence electrons. The summed E-state index contributed by atoms with van der Waals surface area (Å²) in [5, 5.41) is 3.10. The number of aliphatic imine (C=N–C) groups is 1. The summed E-state index contributed by atoms with van der Waals surface area (Å²) < 4.78 is 10.9. The van der Waals surface area contributed by atoms with Gasteiger partial charge in [0.1, 0.15) is 12.4 Å². The normalized spacial score (nSPS) is 11.4. The maximum atomic E-state index is 5.94. The fourth-order valence-electron chi connectivity index (χ4n) is 2.45. The zero-order valence-electron chi connectivity index (χ0n) is 14.5. The minimum absolute atomic E-state index is 0.363. The molecule has 2 aromatic rings. The number of anilines is 1. The standard InChI is InChI=1S/C19H25N3O2/c1-14-10-15(2)12-17(11-14)24-9-8-21-19(20)22-18-7-5-4-6-16(18)13-23-3/h4-7,10-12H,8-9,13H2,1-3H3,(H3,20,21,22). The van der Waals surface area contributed by atoms with E-state index >= 15 is 0 Å². The Balaban J connectivity index is 1.86. The summed E-state index contributed by atoms with van der Waals surface area (Å²) >= 11 is 0. The van der Waals surface area contributed by atoms with Crippen molar-refractivity contribution in [3.63, 3.8) is 0 Å². The Morgan fingerprint density at radius 1 is 1.12 bits per heavy atom. The number of guanidine groups is 1. The third-order valence-corrected chi connectivity index (χ3v) is 3.42. The molecule has 2 aromatic carbocycles. The van der Waals surface area contributed by atoms with E-state index in [1.165, 1.54) is 11.1 Å². The summed E-state index contributed by atoms with van der Waals surface area (Å²) in [5.41, 5.74) is 10.2. The zero-order valence-corrected chi connectivity index (χ0v) is 14.5. The first-order valence-corrected chi connectivity index (χ1v) is 7.93. The van der Waals surface area contributed by atoms with Crippen molar-refractivity contribution < 1.29 is 9.47 Å². The number of methoxy groups -OCH3 is 1. The molecule has 0 atom stereocenters. The van der Waals surface area contributed by atoms with Crippen molar-refractivity contribution in [2.75, 3.05) is 25.6 Å². The number of hydrogen-bond acceptors (Lipinski definition) is 3. The average Bonchev–Trinajstić information content (AvgIpc) is 2.53. The van der Waals surface area contributed by atoms with Crippen molar-refractivity contribution in [1.82, 2.24) is 0 Å². The lowest BCUT2D eigenvalue weighted by Crippen LogP contribution is -2.24. The Morgan fingerprint density at radius 3 is 2.54 bits per heavy atom. The molecule has 5 nitrogen and oxygen atoms in total. The van der Waals surface area contributed by atoms with Crippen molar-refractivity contribution >= 4 is 11.6 Å². The molecule has 2 rings (SSSR count). The molecule has 0 aliphatic rings. The first-order valence-electron chi connectivity index (χ1n) is 7.93. The molecular formula is C19H25N3O2. The molecule has 0 radical (unpaired) electrons. The van der Waals surface area contributed by atoms with Gasteiger partial charge in [-0.25, -0.2) is 4.99 Å². The van der Waals surface area contributed by atoms with Crippen LogP contribution in [0.2, 0.25) is 0 Å². The molecule has 0 fully saturated rings. The van der Waals surface area contributed by atoms with Crippen molar-refractivity contribution in [2.45, 2.75) is 20.5 Å². The SMILES string of the molecule is COCc1ccccc1NC(N)=NCCOc1cc(C)cc(C)c1. The Kier molecular flexibility index (Phi) is 6.63. The fraction of sp³-hybridized carbons (Fsp3) is 0.316. The maximum absolute atomic E-state index is 5.94. The molecule has 0 amide bonds. The molecule has 0 heterocycles. The van der Waals surface area contributed by atoms with E-state index in [2.05, 4.69) is 30.2 Å². The number of para-hydroxylation sites is 1. The van der Waals surface area contributed by atoms with Crippen LogP contribution in [0.15, 0.2) is 47.5 Å². The average molecular weight is 327 g/mol. The van der Waals surface area contributed by atoms with Crippen LogP contribution < -0.4 is 15.8 Å². The Morgan fingerprint density at radius 2 is 1.83 bits per heavy atom. The van der Waals surface area contributed by atoms with E-state index in [1.807, 2.05) is 36.4 Å². The molecule has 0 bridgehead atoms. The van der Waals surface area contributed by atoms with E-state index in [4.69, 9.17) is 15.2 Å². The number of hydrogen-bond donors (Lipinski definition) is 2. The minimum atomic E-state index is 0.363. The van der Waals surface area contributed by atoms with Gasteiger partial charge in [0.05, 0.1) is 13.2 Å². The van der Waals surface area contributed by atoms with Crippen LogP contribution in [-0.4, -0.2) is 26.2 Å². The van der Waals surface area contributed by atoms with Crippen LogP contribution in [0.25, 0.3) is 0 Å². The fourth-order valence-corrected chi connectivity index (χ4v) is 2.45. The smallest absolute Gasteiger partial charge is 0.193 e. The van der Waals surface area contributed by atoms with Crippen LogP contribution in [0.1, 0.15) is 16.7 Å². The highest BCUT2D eigenvalue weighted by molar-refractivity contribution is 5.92. The molecule has 0 aliphatic heterocycles. The van der Waals surface area contributed by atoms with Gasteiger partial charge >= 0.3 is 0 Å². The summed E-state index contributed by atoms with van der Waals surface area (Å²) in [6.07, 6.45) is 0. The monoisotopic (exact) mass is 327 g/mol. The Hall–Kier alpha value is -2.53. The summed E-state index contributed by atoms with van der Waals surface area (Å²) in [7, 11) is 1.67. The lowest BCUT2D eigenvalue weighted by molar-refractivity contribution is 0.185. The van der Waals surface area contributed by atoms with Crippen molar-refractivity contribution in [2.24, 2.45) is 10.7 Å². The van der Waals surface area contributed by atoms with Gasteiger partial charge in [-0.2, -0.15) is 0 Å². The number of nitrogens with two attached hydrogens (primary N) is 1. The van der Waals surface area contributed by atoms with Gasteiger partial charge in [-0.1, -0.05) is 24.3 Å². The van der Waals surface area contributed by atoms with Gasteiger partial charge in [-0.05, 0) is 43.2 Å².